The number of nitrogens with one attached hydrogen (secondary N) is 1. The van der Waals surface area contributed by atoms with Crippen LogP contribution in [0.25, 0.3) is 0 Å². The van der Waals surface area contributed by atoms with Crippen molar-refractivity contribution < 1.29 is 9.84 Å². The molecule has 0 amide bonds. The Labute approximate surface area is 123 Å². The first-order valence-electron chi connectivity index (χ1n) is 8.37. The SMILES string of the molecule is CCNC1(CO)CCCC(N2CC(C)OCC2CC)C1. The van der Waals surface area contributed by atoms with E-state index in [1.54, 1.807) is 0 Å². The van der Waals surface area contributed by atoms with Crippen molar-refractivity contribution in [1.29, 1.82) is 0 Å². The lowest BCUT2D eigenvalue weighted by Gasteiger charge is -2.49. The van der Waals surface area contributed by atoms with Gasteiger partial charge in [0.05, 0.1) is 19.3 Å². The maximum atomic E-state index is 9.86. The van der Waals surface area contributed by atoms with Crippen molar-refractivity contribution in [2.75, 3.05) is 26.3 Å². The van der Waals surface area contributed by atoms with Crippen LogP contribution in [-0.2, 0) is 4.74 Å². The summed E-state index contributed by atoms with van der Waals surface area (Å²) < 4.78 is 5.82. The van der Waals surface area contributed by atoms with Gasteiger partial charge in [0.1, 0.15) is 0 Å². The Morgan fingerprint density at radius 3 is 2.85 bits per heavy atom. The standard InChI is InChI=1S/C16H32N2O2/c1-4-14-11-20-13(3)10-18(14)15-7-6-8-16(9-15,12-19)17-5-2/h13-15,17,19H,4-12H2,1-3H3. The normalized spacial score (nSPS) is 39.9. The fourth-order valence-electron chi connectivity index (χ4n) is 4.02. The number of aliphatic hydroxyl groups is 1. The molecule has 118 valence electrons. The minimum absolute atomic E-state index is 0.0580. The molecular formula is C16H32N2O2. The van der Waals surface area contributed by atoms with E-state index in [0.717, 1.165) is 39.0 Å². The van der Waals surface area contributed by atoms with Gasteiger partial charge in [0, 0.05) is 24.2 Å². The quantitative estimate of drug-likeness (QED) is 0.807. The Kier molecular flexibility index (Phi) is 5.84. The van der Waals surface area contributed by atoms with E-state index in [1.165, 1.54) is 12.8 Å². The van der Waals surface area contributed by atoms with Gasteiger partial charge in [-0.05, 0) is 45.6 Å². The lowest BCUT2D eigenvalue weighted by molar-refractivity contribution is -0.0851. The van der Waals surface area contributed by atoms with Crippen molar-refractivity contribution in [1.82, 2.24) is 10.2 Å². The molecule has 0 radical (unpaired) electrons. The lowest BCUT2D eigenvalue weighted by atomic mass is 9.78. The van der Waals surface area contributed by atoms with E-state index in [2.05, 4.69) is 31.0 Å². The summed E-state index contributed by atoms with van der Waals surface area (Å²) in [6.07, 6.45) is 6.13. The van der Waals surface area contributed by atoms with Crippen molar-refractivity contribution in [3.63, 3.8) is 0 Å². The van der Waals surface area contributed by atoms with Crippen LogP contribution < -0.4 is 5.32 Å². The van der Waals surface area contributed by atoms with Crippen molar-refractivity contribution in [3.8, 4) is 0 Å². The third-order valence-electron chi connectivity index (χ3n) is 5.12. The zero-order chi connectivity index (χ0) is 14.6. The van der Waals surface area contributed by atoms with Gasteiger partial charge in [-0.1, -0.05) is 13.8 Å². The second-order valence-electron chi connectivity index (χ2n) is 6.62. The molecule has 4 unspecified atom stereocenters. The minimum atomic E-state index is -0.0580. The van der Waals surface area contributed by atoms with Gasteiger partial charge in [-0.3, -0.25) is 4.90 Å². The first-order chi connectivity index (χ1) is 9.64. The molecule has 1 aliphatic heterocycles. The van der Waals surface area contributed by atoms with Crippen LogP contribution in [0.2, 0.25) is 0 Å². The maximum absolute atomic E-state index is 9.86. The van der Waals surface area contributed by atoms with Crippen molar-refractivity contribution in [3.05, 3.63) is 0 Å². The summed E-state index contributed by atoms with van der Waals surface area (Å²) in [4.78, 5) is 2.66. The smallest absolute Gasteiger partial charge is 0.0674 e. The molecule has 1 saturated carbocycles. The Bertz CT molecular complexity index is 296. The molecule has 2 fully saturated rings. The molecule has 0 bridgehead atoms. The number of ether oxygens (including phenoxy) is 1. The van der Waals surface area contributed by atoms with Crippen molar-refractivity contribution in [2.45, 2.75) is 76.6 Å². The third kappa shape index (κ3) is 3.53. The second kappa shape index (κ2) is 7.21. The van der Waals surface area contributed by atoms with Crippen LogP contribution in [0.4, 0.5) is 0 Å². The topological polar surface area (TPSA) is 44.7 Å². The zero-order valence-corrected chi connectivity index (χ0v) is 13.4. The summed E-state index contributed by atoms with van der Waals surface area (Å²) >= 11 is 0. The predicted octanol–water partition coefficient (Wildman–Crippen LogP) is 1.77. The van der Waals surface area contributed by atoms with E-state index >= 15 is 0 Å². The Hall–Kier alpha value is -0.160. The lowest BCUT2D eigenvalue weighted by Crippen LogP contribution is -2.60. The largest absolute Gasteiger partial charge is 0.394 e. The summed E-state index contributed by atoms with van der Waals surface area (Å²) in [7, 11) is 0. The van der Waals surface area contributed by atoms with E-state index in [0.29, 0.717) is 18.2 Å². The van der Waals surface area contributed by atoms with Crippen LogP contribution in [0.1, 0.15) is 52.9 Å². The van der Waals surface area contributed by atoms with Gasteiger partial charge in [0.25, 0.3) is 0 Å². The summed E-state index contributed by atoms with van der Waals surface area (Å²) in [6, 6.07) is 1.14. The predicted molar refractivity (Wildman–Crippen MR) is 81.9 cm³/mol. The highest BCUT2D eigenvalue weighted by Gasteiger charge is 2.40. The molecule has 2 rings (SSSR count). The molecule has 0 spiro atoms. The molecule has 4 atom stereocenters. The minimum Gasteiger partial charge on any atom is -0.394 e. The van der Waals surface area contributed by atoms with Gasteiger partial charge in [-0.25, -0.2) is 0 Å². The Balaban J connectivity index is 2.06. The van der Waals surface area contributed by atoms with E-state index in [4.69, 9.17) is 4.74 Å². The molecule has 0 aromatic carbocycles. The van der Waals surface area contributed by atoms with Crippen LogP contribution >= 0.6 is 0 Å². The molecular weight excluding hydrogens is 252 g/mol. The van der Waals surface area contributed by atoms with Gasteiger partial charge < -0.3 is 15.2 Å². The highest BCUT2D eigenvalue weighted by atomic mass is 16.5. The summed E-state index contributed by atoms with van der Waals surface area (Å²) in [6.45, 7) is 9.65. The van der Waals surface area contributed by atoms with Gasteiger partial charge in [-0.2, -0.15) is 0 Å². The first kappa shape index (κ1) is 16.2. The number of aliphatic hydroxyl groups excluding tert-OH is 1. The van der Waals surface area contributed by atoms with Gasteiger partial charge in [0.15, 0.2) is 0 Å². The molecule has 1 heterocycles. The molecule has 4 nitrogen and oxygen atoms in total. The average molecular weight is 284 g/mol. The van der Waals surface area contributed by atoms with Crippen molar-refractivity contribution in [2.24, 2.45) is 0 Å². The number of nitrogens with zero attached hydrogens (tertiary/aromatic N) is 1. The van der Waals surface area contributed by atoms with E-state index in [-0.39, 0.29) is 12.1 Å². The number of hydrogen-bond donors (Lipinski definition) is 2. The Morgan fingerprint density at radius 1 is 1.40 bits per heavy atom. The van der Waals surface area contributed by atoms with Crippen LogP contribution in [-0.4, -0.2) is 60.0 Å². The van der Waals surface area contributed by atoms with Crippen molar-refractivity contribution >= 4 is 0 Å². The Morgan fingerprint density at radius 2 is 2.20 bits per heavy atom. The molecule has 1 saturated heterocycles. The fraction of sp³-hybridized carbons (Fsp3) is 1.00. The zero-order valence-electron chi connectivity index (χ0n) is 13.4. The van der Waals surface area contributed by atoms with Gasteiger partial charge in [-0.15, -0.1) is 0 Å². The molecule has 2 N–H and O–H groups in total. The van der Waals surface area contributed by atoms with Gasteiger partial charge >= 0.3 is 0 Å². The summed E-state index contributed by atoms with van der Waals surface area (Å²) in [5, 5.41) is 13.4. The number of rotatable bonds is 5. The monoisotopic (exact) mass is 284 g/mol. The van der Waals surface area contributed by atoms with E-state index in [1.807, 2.05) is 0 Å². The molecule has 0 aromatic rings. The highest BCUT2D eigenvalue weighted by Crippen LogP contribution is 2.33. The fourth-order valence-corrected chi connectivity index (χ4v) is 4.02. The molecule has 2 aliphatic rings. The molecule has 4 heteroatoms. The van der Waals surface area contributed by atoms with E-state index < -0.39 is 0 Å². The van der Waals surface area contributed by atoms with Gasteiger partial charge in [0.2, 0.25) is 0 Å². The third-order valence-corrected chi connectivity index (χ3v) is 5.12. The molecule has 20 heavy (non-hydrogen) atoms. The maximum Gasteiger partial charge on any atom is 0.0674 e. The second-order valence-corrected chi connectivity index (χ2v) is 6.62. The molecule has 1 aliphatic carbocycles. The summed E-state index contributed by atoms with van der Waals surface area (Å²) in [5.41, 5.74) is -0.0580. The van der Waals surface area contributed by atoms with Crippen LogP contribution in [0.3, 0.4) is 0 Å². The summed E-state index contributed by atoms with van der Waals surface area (Å²) in [5.74, 6) is 0. The van der Waals surface area contributed by atoms with Crippen LogP contribution in [0.5, 0.6) is 0 Å². The van der Waals surface area contributed by atoms with E-state index in [9.17, 15) is 5.11 Å². The molecule has 0 aromatic heterocycles. The highest BCUT2D eigenvalue weighted by molar-refractivity contribution is 4.98. The van der Waals surface area contributed by atoms with Crippen LogP contribution in [0, 0.1) is 0 Å². The first-order valence-corrected chi connectivity index (χ1v) is 8.37. The average Bonchev–Trinajstić information content (AvgIpc) is 2.48. The van der Waals surface area contributed by atoms with Crippen LogP contribution in [0.15, 0.2) is 0 Å². The number of hydrogen-bond acceptors (Lipinski definition) is 4. The number of morpholine rings is 1. The number of likely N-dealkylation sites (N-methyl/N-ethyl adjacent to an activating group) is 1.